The molecule has 0 unspecified atom stereocenters. The van der Waals surface area contributed by atoms with E-state index in [1.165, 1.54) is 30.3 Å². The summed E-state index contributed by atoms with van der Waals surface area (Å²) in [5, 5.41) is 12.2. The number of nitriles is 1. The van der Waals surface area contributed by atoms with Gasteiger partial charge in [-0.2, -0.15) is 5.26 Å². The number of nitrogens with zero attached hydrogens (tertiary/aromatic N) is 1. The Hall–Kier alpha value is -5.29. The maximum absolute atomic E-state index is 13.2. The van der Waals surface area contributed by atoms with E-state index in [9.17, 15) is 14.4 Å². The second kappa shape index (κ2) is 14.9. The normalized spacial score (nSPS) is 10.9. The number of amides is 1. The first-order valence-electron chi connectivity index (χ1n) is 13.5. The van der Waals surface area contributed by atoms with Crippen LogP contribution >= 0.6 is 0 Å². The van der Waals surface area contributed by atoms with Crippen molar-refractivity contribution in [2.45, 2.75) is 27.1 Å². The van der Waals surface area contributed by atoms with Crippen LogP contribution in [0, 0.1) is 17.1 Å². The Morgan fingerprint density at radius 2 is 1.38 bits per heavy atom. The van der Waals surface area contributed by atoms with Gasteiger partial charge in [-0.05, 0) is 85.1 Å². The second-order valence-corrected chi connectivity index (χ2v) is 9.05. The summed E-state index contributed by atoms with van der Waals surface area (Å²) in [6, 6.07) is 27.9. The quantitative estimate of drug-likeness (QED) is 0.135. The third-order valence-electron chi connectivity index (χ3n) is 5.99. The number of anilines is 1. The highest BCUT2D eigenvalue weighted by molar-refractivity contribution is 6.09. The molecule has 0 aromatic heterocycles. The molecule has 214 valence electrons. The van der Waals surface area contributed by atoms with Gasteiger partial charge in [-0.1, -0.05) is 42.5 Å². The molecule has 0 saturated carbocycles. The number of carbonyl (C=O) groups excluding carboxylic acids is 1. The highest BCUT2D eigenvalue weighted by Gasteiger charge is 2.13. The molecule has 0 radical (unpaired) electrons. The van der Waals surface area contributed by atoms with Crippen LogP contribution in [-0.4, -0.2) is 19.1 Å². The molecule has 4 aromatic carbocycles. The van der Waals surface area contributed by atoms with Gasteiger partial charge < -0.3 is 24.3 Å². The molecule has 42 heavy (non-hydrogen) atoms. The van der Waals surface area contributed by atoms with Crippen molar-refractivity contribution in [2.75, 3.05) is 18.5 Å². The molecule has 4 aromatic rings. The minimum absolute atomic E-state index is 0.117. The number of hydrogen-bond donors (Lipinski definition) is 1. The molecular weight excluding hydrogens is 535 g/mol. The van der Waals surface area contributed by atoms with Crippen molar-refractivity contribution in [2.24, 2.45) is 0 Å². The van der Waals surface area contributed by atoms with Crippen LogP contribution in [0.4, 0.5) is 10.1 Å². The van der Waals surface area contributed by atoms with Gasteiger partial charge >= 0.3 is 0 Å². The van der Waals surface area contributed by atoms with E-state index in [4.69, 9.17) is 18.9 Å². The third-order valence-corrected chi connectivity index (χ3v) is 5.99. The first-order valence-corrected chi connectivity index (χ1v) is 13.5. The van der Waals surface area contributed by atoms with E-state index < -0.39 is 11.7 Å². The topological polar surface area (TPSA) is 89.8 Å². The zero-order valence-corrected chi connectivity index (χ0v) is 23.4. The van der Waals surface area contributed by atoms with Gasteiger partial charge in [0.2, 0.25) is 0 Å². The van der Waals surface area contributed by atoms with Gasteiger partial charge in [0, 0.05) is 5.69 Å². The molecule has 7 nitrogen and oxygen atoms in total. The van der Waals surface area contributed by atoms with Crippen LogP contribution in [0.2, 0.25) is 0 Å². The molecule has 0 atom stereocenters. The minimum atomic E-state index is -0.608. The summed E-state index contributed by atoms with van der Waals surface area (Å²) < 4.78 is 36.8. The van der Waals surface area contributed by atoms with Crippen LogP contribution in [-0.2, 0) is 18.0 Å². The summed E-state index contributed by atoms with van der Waals surface area (Å²) in [7, 11) is 0. The zero-order chi connectivity index (χ0) is 29.7. The predicted octanol–water partition coefficient (Wildman–Crippen LogP) is 7.33. The fourth-order valence-corrected chi connectivity index (χ4v) is 3.98. The van der Waals surface area contributed by atoms with E-state index >= 15 is 0 Å². The first kappa shape index (κ1) is 29.7. The maximum atomic E-state index is 13.2. The molecule has 0 heterocycles. The molecule has 0 bridgehead atoms. The average molecular weight is 567 g/mol. The van der Waals surface area contributed by atoms with E-state index in [1.807, 2.05) is 68.4 Å². The van der Waals surface area contributed by atoms with Gasteiger partial charge in [0.05, 0.1) is 13.2 Å². The number of benzene rings is 4. The molecule has 8 heteroatoms. The fraction of sp³-hybridized carbons (Fsp3) is 0.176. The molecule has 0 aliphatic rings. The first-order chi connectivity index (χ1) is 20.5. The number of carbonyl (C=O) groups is 1. The van der Waals surface area contributed by atoms with Gasteiger partial charge in [-0.25, -0.2) is 4.39 Å². The Bertz CT molecular complexity index is 1560. The molecule has 0 aliphatic carbocycles. The van der Waals surface area contributed by atoms with Crippen molar-refractivity contribution in [1.29, 1.82) is 5.26 Å². The average Bonchev–Trinajstić information content (AvgIpc) is 3.01. The van der Waals surface area contributed by atoms with Crippen molar-refractivity contribution >= 4 is 17.7 Å². The van der Waals surface area contributed by atoms with E-state index in [0.717, 1.165) is 11.1 Å². The van der Waals surface area contributed by atoms with Crippen LogP contribution in [0.5, 0.6) is 23.0 Å². The highest BCUT2D eigenvalue weighted by atomic mass is 19.1. The standard InChI is InChI=1S/C34H31FN2O5/c1-3-39-32-19-25(18-27(21-36)34(38)37-29-14-12-28(35)13-15-29)10-16-30(32)42-23-26-11-17-31(33(20-26)40-4-2)41-22-24-8-6-5-7-9-24/h5-20H,3-4,22-23H2,1-2H3,(H,37,38)/b27-18+. The zero-order valence-electron chi connectivity index (χ0n) is 23.4. The SMILES string of the molecule is CCOc1cc(/C=C(\C#N)C(=O)Nc2ccc(F)cc2)ccc1OCc1ccc(OCc2ccccc2)c(OCC)c1. The molecule has 0 aliphatic heterocycles. The number of nitrogens with one attached hydrogen (secondary N) is 1. The Kier molecular flexibility index (Phi) is 10.5. The Labute approximate surface area is 244 Å². The predicted molar refractivity (Wildman–Crippen MR) is 159 cm³/mol. The maximum Gasteiger partial charge on any atom is 0.266 e. The van der Waals surface area contributed by atoms with Gasteiger partial charge in [0.15, 0.2) is 23.0 Å². The number of halogens is 1. The lowest BCUT2D eigenvalue weighted by Crippen LogP contribution is -2.13. The van der Waals surface area contributed by atoms with Crippen LogP contribution < -0.4 is 24.3 Å². The summed E-state index contributed by atoms with van der Waals surface area (Å²) in [6.07, 6.45) is 1.45. The van der Waals surface area contributed by atoms with Crippen molar-refractivity contribution in [3.05, 3.63) is 119 Å². The molecule has 1 amide bonds. The van der Waals surface area contributed by atoms with Crippen molar-refractivity contribution < 1.29 is 28.1 Å². The molecule has 4 rings (SSSR count). The summed E-state index contributed by atoms with van der Waals surface area (Å²) in [5.74, 6) is 1.22. The number of ether oxygens (including phenoxy) is 4. The molecular formula is C34H31FN2O5. The molecule has 0 spiro atoms. The smallest absolute Gasteiger partial charge is 0.266 e. The highest BCUT2D eigenvalue weighted by Crippen LogP contribution is 2.33. The van der Waals surface area contributed by atoms with Gasteiger partial charge in [0.25, 0.3) is 5.91 Å². The van der Waals surface area contributed by atoms with Crippen LogP contribution in [0.1, 0.15) is 30.5 Å². The Morgan fingerprint density at radius 3 is 2.02 bits per heavy atom. The molecule has 0 saturated heterocycles. The monoisotopic (exact) mass is 566 g/mol. The lowest BCUT2D eigenvalue weighted by molar-refractivity contribution is -0.112. The van der Waals surface area contributed by atoms with E-state index in [1.54, 1.807) is 18.2 Å². The Morgan fingerprint density at radius 1 is 0.762 bits per heavy atom. The largest absolute Gasteiger partial charge is 0.490 e. The fourth-order valence-electron chi connectivity index (χ4n) is 3.98. The summed E-state index contributed by atoms with van der Waals surface area (Å²) in [5.41, 5.74) is 2.78. The van der Waals surface area contributed by atoms with Gasteiger partial charge in [-0.3, -0.25) is 4.79 Å². The lowest BCUT2D eigenvalue weighted by atomic mass is 10.1. The number of rotatable bonds is 13. The summed E-state index contributed by atoms with van der Waals surface area (Å²) >= 11 is 0. The molecule has 0 fully saturated rings. The van der Waals surface area contributed by atoms with Crippen LogP contribution in [0.3, 0.4) is 0 Å². The van der Waals surface area contributed by atoms with Crippen LogP contribution in [0.15, 0.2) is 96.6 Å². The van der Waals surface area contributed by atoms with Crippen LogP contribution in [0.25, 0.3) is 6.08 Å². The summed E-state index contributed by atoms with van der Waals surface area (Å²) in [4.78, 5) is 12.6. The Balaban J connectivity index is 1.46. The minimum Gasteiger partial charge on any atom is -0.490 e. The number of hydrogen-bond acceptors (Lipinski definition) is 6. The van der Waals surface area contributed by atoms with Crippen molar-refractivity contribution in [1.82, 2.24) is 0 Å². The third kappa shape index (κ3) is 8.35. The summed E-state index contributed by atoms with van der Waals surface area (Å²) in [6.45, 7) is 5.32. The van der Waals surface area contributed by atoms with Gasteiger partial charge in [0.1, 0.15) is 30.7 Å². The lowest BCUT2D eigenvalue weighted by Gasteiger charge is -2.15. The van der Waals surface area contributed by atoms with E-state index in [2.05, 4.69) is 5.32 Å². The molecule has 1 N–H and O–H groups in total. The van der Waals surface area contributed by atoms with Gasteiger partial charge in [-0.15, -0.1) is 0 Å². The second-order valence-electron chi connectivity index (χ2n) is 9.05. The van der Waals surface area contributed by atoms with E-state index in [-0.39, 0.29) is 12.2 Å². The van der Waals surface area contributed by atoms with Crippen molar-refractivity contribution in [3.8, 4) is 29.1 Å². The van der Waals surface area contributed by atoms with Crippen molar-refractivity contribution in [3.63, 3.8) is 0 Å². The van der Waals surface area contributed by atoms with E-state index in [0.29, 0.717) is 54.1 Å².